The maximum absolute atomic E-state index is 13.9. The Kier molecular flexibility index (Phi) is 6.24. The van der Waals surface area contributed by atoms with Gasteiger partial charge in [0.25, 0.3) is 11.8 Å². The molecule has 0 radical (unpaired) electrons. The van der Waals surface area contributed by atoms with E-state index in [1.165, 1.54) is 11.9 Å². The van der Waals surface area contributed by atoms with Crippen LogP contribution in [0.25, 0.3) is 0 Å². The number of hydrogen-bond donors (Lipinski definition) is 1. The number of hydrogen-bond acceptors (Lipinski definition) is 3. The van der Waals surface area contributed by atoms with Crippen LogP contribution >= 0.6 is 15.9 Å². The van der Waals surface area contributed by atoms with Gasteiger partial charge in [0.1, 0.15) is 11.4 Å². The maximum Gasteiger partial charge on any atom is 0.274 e. The smallest absolute Gasteiger partial charge is 0.274 e. The van der Waals surface area contributed by atoms with Gasteiger partial charge in [0.2, 0.25) is 0 Å². The van der Waals surface area contributed by atoms with Crippen LogP contribution < -0.4 is 5.32 Å². The van der Waals surface area contributed by atoms with Crippen LogP contribution in [0.15, 0.2) is 10.5 Å². The third-order valence-corrected chi connectivity index (χ3v) is 4.53. The molecule has 0 saturated carbocycles. The van der Waals surface area contributed by atoms with Gasteiger partial charge >= 0.3 is 0 Å². The standard InChI is InChI=1S/C16H15BrF4N4O2/c1-4-25(5-2)16(27)7-6-8(24(3)23-7)15(26)22-14-12(20)10(18)9(17)11(19)13(14)21/h6H,4-5H2,1-3H3,(H,22,26). The zero-order valence-corrected chi connectivity index (χ0v) is 16.1. The van der Waals surface area contributed by atoms with Crippen LogP contribution in [0.1, 0.15) is 34.8 Å². The van der Waals surface area contributed by atoms with Crippen molar-refractivity contribution in [1.29, 1.82) is 0 Å². The second-order valence-corrected chi connectivity index (χ2v) is 6.21. The third-order valence-electron chi connectivity index (χ3n) is 3.83. The van der Waals surface area contributed by atoms with Crippen molar-refractivity contribution < 1.29 is 27.2 Å². The maximum atomic E-state index is 13.9. The normalized spacial score (nSPS) is 10.8. The number of aryl methyl sites for hydroxylation is 1. The van der Waals surface area contributed by atoms with E-state index in [1.807, 2.05) is 0 Å². The molecule has 1 N–H and O–H groups in total. The van der Waals surface area contributed by atoms with Gasteiger partial charge in [-0.15, -0.1) is 0 Å². The topological polar surface area (TPSA) is 67.2 Å². The first-order valence-corrected chi connectivity index (χ1v) is 8.59. The average Bonchev–Trinajstić information content (AvgIpc) is 3.04. The van der Waals surface area contributed by atoms with Gasteiger partial charge in [0, 0.05) is 26.2 Å². The van der Waals surface area contributed by atoms with E-state index in [-0.39, 0.29) is 11.4 Å². The first-order valence-electron chi connectivity index (χ1n) is 7.80. The Balaban J connectivity index is 2.37. The molecule has 0 spiro atoms. The Morgan fingerprint density at radius 1 is 1.11 bits per heavy atom. The Bertz CT molecular complexity index is 883. The summed E-state index contributed by atoms with van der Waals surface area (Å²) in [6.07, 6.45) is 0. The number of nitrogens with one attached hydrogen (secondary N) is 1. The zero-order valence-electron chi connectivity index (χ0n) is 14.5. The van der Waals surface area contributed by atoms with Crippen molar-refractivity contribution in [2.24, 2.45) is 7.05 Å². The van der Waals surface area contributed by atoms with Gasteiger partial charge in [-0.2, -0.15) is 5.10 Å². The largest absolute Gasteiger partial charge is 0.338 e. The quantitative estimate of drug-likeness (QED) is 0.430. The van der Waals surface area contributed by atoms with E-state index in [2.05, 4.69) is 21.0 Å². The van der Waals surface area contributed by atoms with Crippen LogP contribution in [0, 0.1) is 23.3 Å². The number of aromatic nitrogens is 2. The number of nitrogens with zero attached hydrogens (tertiary/aromatic N) is 3. The molecule has 0 aliphatic rings. The molecule has 0 atom stereocenters. The predicted molar refractivity (Wildman–Crippen MR) is 92.4 cm³/mol. The lowest BCUT2D eigenvalue weighted by atomic mass is 10.2. The van der Waals surface area contributed by atoms with Crippen LogP contribution in [-0.4, -0.2) is 39.6 Å². The van der Waals surface area contributed by atoms with E-state index in [0.717, 1.165) is 10.7 Å². The lowest BCUT2D eigenvalue weighted by Crippen LogP contribution is -2.30. The minimum Gasteiger partial charge on any atom is -0.338 e. The van der Waals surface area contributed by atoms with Crippen molar-refractivity contribution in [1.82, 2.24) is 14.7 Å². The third kappa shape index (κ3) is 3.82. The lowest BCUT2D eigenvalue weighted by Gasteiger charge is -2.16. The molecule has 2 rings (SSSR count). The van der Waals surface area contributed by atoms with Crippen molar-refractivity contribution >= 4 is 33.4 Å². The number of benzene rings is 1. The second-order valence-electron chi connectivity index (χ2n) is 5.41. The summed E-state index contributed by atoms with van der Waals surface area (Å²) in [6.45, 7) is 4.36. The van der Waals surface area contributed by atoms with Gasteiger partial charge in [-0.1, -0.05) is 0 Å². The van der Waals surface area contributed by atoms with Crippen LogP contribution in [-0.2, 0) is 7.05 Å². The molecule has 6 nitrogen and oxygen atoms in total. The molecule has 2 aromatic rings. The van der Waals surface area contributed by atoms with E-state index in [0.29, 0.717) is 13.1 Å². The summed E-state index contributed by atoms with van der Waals surface area (Å²) in [7, 11) is 1.34. The first-order chi connectivity index (χ1) is 12.6. The predicted octanol–water partition coefficient (Wildman–Crippen LogP) is 3.47. The van der Waals surface area contributed by atoms with Gasteiger partial charge in [0.05, 0.1) is 4.47 Å². The van der Waals surface area contributed by atoms with Gasteiger partial charge in [-0.3, -0.25) is 14.3 Å². The van der Waals surface area contributed by atoms with E-state index >= 15 is 0 Å². The molecule has 146 valence electrons. The molecule has 1 aromatic heterocycles. The number of carbonyl (C=O) groups excluding carboxylic acids is 2. The molecule has 27 heavy (non-hydrogen) atoms. The highest BCUT2D eigenvalue weighted by molar-refractivity contribution is 9.10. The molecule has 0 aliphatic heterocycles. The summed E-state index contributed by atoms with van der Waals surface area (Å²) in [5.74, 6) is -8.44. The Morgan fingerprint density at radius 3 is 2.11 bits per heavy atom. The molecule has 0 fully saturated rings. The van der Waals surface area contributed by atoms with Crippen LogP contribution in [0.4, 0.5) is 23.2 Å². The summed E-state index contributed by atoms with van der Waals surface area (Å²) in [5.41, 5.74) is -1.57. The molecule has 0 aliphatic carbocycles. The minimum atomic E-state index is -1.77. The number of carbonyl (C=O) groups is 2. The highest BCUT2D eigenvalue weighted by atomic mass is 79.9. The SMILES string of the molecule is CCN(CC)C(=O)c1cc(C(=O)Nc2c(F)c(F)c(Br)c(F)c2F)n(C)n1. The summed E-state index contributed by atoms with van der Waals surface area (Å²) in [4.78, 5) is 26.0. The molecule has 0 saturated heterocycles. The molecule has 1 heterocycles. The summed E-state index contributed by atoms with van der Waals surface area (Å²) in [6, 6.07) is 1.12. The van der Waals surface area contributed by atoms with Crippen LogP contribution in [0.5, 0.6) is 0 Å². The molecule has 1 aromatic carbocycles. The molecule has 0 unspecified atom stereocenters. The monoisotopic (exact) mass is 450 g/mol. The number of amides is 2. The first kappa shape index (κ1) is 20.9. The fourth-order valence-electron chi connectivity index (χ4n) is 2.35. The van der Waals surface area contributed by atoms with Crippen LogP contribution in [0.2, 0.25) is 0 Å². The molecule has 2 amide bonds. The Morgan fingerprint density at radius 2 is 1.63 bits per heavy atom. The van der Waals surface area contributed by atoms with Crippen molar-refractivity contribution in [2.45, 2.75) is 13.8 Å². The Labute approximate surface area is 160 Å². The van der Waals surface area contributed by atoms with E-state index in [9.17, 15) is 27.2 Å². The van der Waals surface area contributed by atoms with Gasteiger partial charge in [-0.05, 0) is 29.8 Å². The lowest BCUT2D eigenvalue weighted by molar-refractivity contribution is 0.0766. The number of rotatable bonds is 5. The highest BCUT2D eigenvalue weighted by Gasteiger charge is 2.27. The van der Waals surface area contributed by atoms with E-state index < -0.39 is 45.2 Å². The van der Waals surface area contributed by atoms with Gasteiger partial charge < -0.3 is 10.2 Å². The van der Waals surface area contributed by atoms with Gasteiger partial charge in [-0.25, -0.2) is 17.6 Å². The van der Waals surface area contributed by atoms with Gasteiger partial charge in [0.15, 0.2) is 29.0 Å². The Hall–Kier alpha value is -2.43. The van der Waals surface area contributed by atoms with E-state index in [4.69, 9.17) is 0 Å². The molecular weight excluding hydrogens is 436 g/mol. The van der Waals surface area contributed by atoms with Crippen LogP contribution in [0.3, 0.4) is 0 Å². The fraction of sp³-hybridized carbons (Fsp3) is 0.312. The van der Waals surface area contributed by atoms with Crippen molar-refractivity contribution in [3.63, 3.8) is 0 Å². The summed E-state index contributed by atoms with van der Waals surface area (Å²) in [5, 5.41) is 5.68. The average molecular weight is 451 g/mol. The van der Waals surface area contributed by atoms with Crippen molar-refractivity contribution in [2.75, 3.05) is 18.4 Å². The summed E-state index contributed by atoms with van der Waals surface area (Å²) < 4.78 is 55.0. The molecule has 11 heteroatoms. The highest BCUT2D eigenvalue weighted by Crippen LogP contribution is 2.31. The van der Waals surface area contributed by atoms with E-state index in [1.54, 1.807) is 19.2 Å². The molecular formula is C16H15BrF4N4O2. The molecule has 0 bridgehead atoms. The zero-order chi connectivity index (χ0) is 20.5. The van der Waals surface area contributed by atoms with Crippen molar-refractivity contribution in [3.05, 3.63) is 45.2 Å². The minimum absolute atomic E-state index is 0.0551. The second kappa shape index (κ2) is 8.07. The number of anilines is 1. The summed E-state index contributed by atoms with van der Waals surface area (Å²) >= 11 is 2.39. The van der Waals surface area contributed by atoms with Crippen molar-refractivity contribution in [3.8, 4) is 0 Å². The fourth-order valence-corrected chi connectivity index (χ4v) is 2.70. The number of halogens is 5.